The summed E-state index contributed by atoms with van der Waals surface area (Å²) in [7, 11) is 1.57. The fourth-order valence-corrected chi connectivity index (χ4v) is 2.46. The summed E-state index contributed by atoms with van der Waals surface area (Å²) in [5.74, 6) is 0.663. The molecule has 0 aliphatic heterocycles. The molecule has 0 aromatic heterocycles. The molecular formula is C18H21ClN2O3. The SMILES string of the molecule is COc1cccc(C(O)CNC(=O)NCCc2ccccc2Cl)c1. The number of urea groups is 1. The Morgan fingerprint density at radius 1 is 1.21 bits per heavy atom. The Morgan fingerprint density at radius 3 is 2.75 bits per heavy atom. The lowest BCUT2D eigenvalue weighted by molar-refractivity contribution is 0.173. The van der Waals surface area contributed by atoms with Gasteiger partial charge in [-0.05, 0) is 35.7 Å². The number of aliphatic hydroxyl groups is 1. The fraction of sp³-hybridized carbons (Fsp3) is 0.278. The van der Waals surface area contributed by atoms with Gasteiger partial charge in [0.05, 0.1) is 13.2 Å². The van der Waals surface area contributed by atoms with E-state index in [9.17, 15) is 9.90 Å². The van der Waals surface area contributed by atoms with Gasteiger partial charge >= 0.3 is 6.03 Å². The van der Waals surface area contributed by atoms with Gasteiger partial charge in [-0.15, -0.1) is 0 Å². The van der Waals surface area contributed by atoms with E-state index in [1.807, 2.05) is 24.3 Å². The van der Waals surface area contributed by atoms with Crippen LogP contribution in [0.4, 0.5) is 4.79 Å². The van der Waals surface area contributed by atoms with E-state index < -0.39 is 6.10 Å². The van der Waals surface area contributed by atoms with Gasteiger partial charge < -0.3 is 20.5 Å². The molecule has 5 nitrogen and oxygen atoms in total. The molecule has 0 fully saturated rings. The van der Waals surface area contributed by atoms with Crippen LogP contribution in [-0.2, 0) is 6.42 Å². The van der Waals surface area contributed by atoms with Crippen molar-refractivity contribution in [1.82, 2.24) is 10.6 Å². The summed E-state index contributed by atoms with van der Waals surface area (Å²) in [5, 5.41) is 16.2. The molecule has 2 rings (SSSR count). The van der Waals surface area contributed by atoms with Crippen molar-refractivity contribution in [2.75, 3.05) is 20.2 Å². The molecule has 0 saturated heterocycles. The number of amides is 2. The van der Waals surface area contributed by atoms with E-state index in [2.05, 4.69) is 10.6 Å². The van der Waals surface area contributed by atoms with E-state index in [0.717, 1.165) is 5.56 Å². The van der Waals surface area contributed by atoms with Gasteiger partial charge in [-0.3, -0.25) is 0 Å². The average molecular weight is 349 g/mol. The zero-order valence-corrected chi connectivity index (χ0v) is 14.2. The monoisotopic (exact) mass is 348 g/mol. The zero-order chi connectivity index (χ0) is 17.4. The summed E-state index contributed by atoms with van der Waals surface area (Å²) in [4.78, 5) is 11.8. The highest BCUT2D eigenvalue weighted by Crippen LogP contribution is 2.18. The maximum absolute atomic E-state index is 11.8. The number of ether oxygens (including phenoxy) is 1. The summed E-state index contributed by atoms with van der Waals surface area (Å²) in [5.41, 5.74) is 1.67. The molecule has 3 N–H and O–H groups in total. The first-order valence-electron chi connectivity index (χ1n) is 7.67. The quantitative estimate of drug-likeness (QED) is 0.720. The van der Waals surface area contributed by atoms with Crippen molar-refractivity contribution in [2.24, 2.45) is 0 Å². The standard InChI is InChI=1S/C18H21ClN2O3/c1-24-15-7-4-6-14(11-15)17(22)12-21-18(23)20-10-9-13-5-2-3-8-16(13)19/h2-8,11,17,22H,9-10,12H2,1H3,(H2,20,21,23). The normalized spacial score (nSPS) is 11.6. The number of carbonyl (C=O) groups excluding carboxylic acids is 1. The third-order valence-electron chi connectivity index (χ3n) is 3.57. The Kier molecular flexibility index (Phi) is 6.90. The summed E-state index contributed by atoms with van der Waals surface area (Å²) in [6.07, 6.45) is -0.152. The second-order valence-electron chi connectivity index (χ2n) is 5.27. The number of halogens is 1. The van der Waals surface area contributed by atoms with E-state index in [0.29, 0.717) is 29.3 Å². The number of carbonyl (C=O) groups is 1. The number of benzene rings is 2. The minimum Gasteiger partial charge on any atom is -0.497 e. The van der Waals surface area contributed by atoms with Crippen LogP contribution in [0.2, 0.25) is 5.02 Å². The number of hydrogen-bond donors (Lipinski definition) is 3. The number of aliphatic hydroxyl groups excluding tert-OH is 1. The van der Waals surface area contributed by atoms with Crippen LogP contribution in [0.1, 0.15) is 17.2 Å². The molecule has 2 amide bonds. The lowest BCUT2D eigenvalue weighted by Crippen LogP contribution is -2.38. The van der Waals surface area contributed by atoms with Crippen LogP contribution in [-0.4, -0.2) is 31.3 Å². The van der Waals surface area contributed by atoms with Crippen LogP contribution in [0.3, 0.4) is 0 Å². The van der Waals surface area contributed by atoms with Gasteiger partial charge in [-0.1, -0.05) is 41.9 Å². The first-order valence-corrected chi connectivity index (χ1v) is 8.05. The molecular weight excluding hydrogens is 328 g/mol. The van der Waals surface area contributed by atoms with Crippen LogP contribution in [0.5, 0.6) is 5.75 Å². The first-order chi connectivity index (χ1) is 11.6. The molecule has 0 saturated carbocycles. The second kappa shape index (κ2) is 9.15. The van der Waals surface area contributed by atoms with Crippen molar-refractivity contribution < 1.29 is 14.6 Å². The van der Waals surface area contributed by atoms with Crippen molar-refractivity contribution in [1.29, 1.82) is 0 Å². The van der Waals surface area contributed by atoms with Crippen LogP contribution >= 0.6 is 11.6 Å². The molecule has 1 atom stereocenters. The highest BCUT2D eigenvalue weighted by molar-refractivity contribution is 6.31. The van der Waals surface area contributed by atoms with Crippen molar-refractivity contribution in [2.45, 2.75) is 12.5 Å². The Bertz CT molecular complexity index is 679. The van der Waals surface area contributed by atoms with Crippen LogP contribution in [0, 0.1) is 0 Å². The fourth-order valence-electron chi connectivity index (χ4n) is 2.23. The molecule has 0 spiro atoms. The van der Waals surface area contributed by atoms with Gasteiger partial charge in [-0.25, -0.2) is 4.79 Å². The Labute approximate surface area is 146 Å². The van der Waals surface area contributed by atoms with Crippen LogP contribution in [0.15, 0.2) is 48.5 Å². The maximum Gasteiger partial charge on any atom is 0.314 e. The Balaban J connectivity index is 1.73. The largest absolute Gasteiger partial charge is 0.497 e. The van der Waals surface area contributed by atoms with Crippen molar-refractivity contribution in [3.63, 3.8) is 0 Å². The molecule has 2 aromatic carbocycles. The molecule has 24 heavy (non-hydrogen) atoms. The topological polar surface area (TPSA) is 70.6 Å². The molecule has 0 heterocycles. The van der Waals surface area contributed by atoms with E-state index in [4.69, 9.17) is 16.3 Å². The van der Waals surface area contributed by atoms with E-state index in [1.54, 1.807) is 31.4 Å². The first kappa shape index (κ1) is 18.1. The summed E-state index contributed by atoms with van der Waals surface area (Å²) in [6, 6.07) is 14.3. The molecule has 1 unspecified atom stereocenters. The molecule has 128 valence electrons. The van der Waals surface area contributed by atoms with Crippen LogP contribution in [0.25, 0.3) is 0 Å². The number of rotatable bonds is 7. The predicted molar refractivity (Wildman–Crippen MR) is 94.5 cm³/mol. The lowest BCUT2D eigenvalue weighted by Gasteiger charge is -2.14. The van der Waals surface area contributed by atoms with Gasteiger partial charge in [0.2, 0.25) is 0 Å². The summed E-state index contributed by atoms with van der Waals surface area (Å²) in [6.45, 7) is 0.579. The van der Waals surface area contributed by atoms with E-state index in [-0.39, 0.29) is 12.6 Å². The lowest BCUT2D eigenvalue weighted by atomic mass is 10.1. The van der Waals surface area contributed by atoms with E-state index >= 15 is 0 Å². The zero-order valence-electron chi connectivity index (χ0n) is 13.5. The second-order valence-corrected chi connectivity index (χ2v) is 5.68. The van der Waals surface area contributed by atoms with Gasteiger partial charge in [0.1, 0.15) is 5.75 Å². The van der Waals surface area contributed by atoms with E-state index in [1.165, 1.54) is 0 Å². The minimum absolute atomic E-state index is 0.116. The van der Waals surface area contributed by atoms with Gasteiger partial charge in [0.15, 0.2) is 0 Å². The molecule has 0 aliphatic rings. The van der Waals surface area contributed by atoms with Gasteiger partial charge in [0, 0.05) is 18.1 Å². The van der Waals surface area contributed by atoms with Gasteiger partial charge in [0.25, 0.3) is 0 Å². The summed E-state index contributed by atoms with van der Waals surface area (Å²) < 4.78 is 5.11. The molecule has 0 radical (unpaired) electrons. The van der Waals surface area contributed by atoms with Crippen molar-refractivity contribution in [3.8, 4) is 5.75 Å². The molecule has 2 aromatic rings. The highest BCUT2D eigenvalue weighted by atomic mass is 35.5. The van der Waals surface area contributed by atoms with Crippen molar-refractivity contribution >= 4 is 17.6 Å². The van der Waals surface area contributed by atoms with Gasteiger partial charge in [-0.2, -0.15) is 0 Å². The third-order valence-corrected chi connectivity index (χ3v) is 3.94. The predicted octanol–water partition coefficient (Wildman–Crippen LogP) is 2.92. The molecule has 0 aliphatic carbocycles. The third kappa shape index (κ3) is 5.44. The Hall–Kier alpha value is -2.24. The Morgan fingerprint density at radius 2 is 2.00 bits per heavy atom. The van der Waals surface area contributed by atoms with Crippen LogP contribution < -0.4 is 15.4 Å². The smallest absolute Gasteiger partial charge is 0.314 e. The maximum atomic E-state index is 11.8. The number of hydrogen-bond acceptors (Lipinski definition) is 3. The summed E-state index contributed by atoms with van der Waals surface area (Å²) >= 11 is 6.06. The highest BCUT2D eigenvalue weighted by Gasteiger charge is 2.10. The minimum atomic E-state index is -0.797. The molecule has 0 bridgehead atoms. The number of methoxy groups -OCH3 is 1. The number of nitrogens with one attached hydrogen (secondary N) is 2. The van der Waals surface area contributed by atoms with Crippen molar-refractivity contribution in [3.05, 3.63) is 64.7 Å². The molecule has 6 heteroatoms. The average Bonchev–Trinajstić information content (AvgIpc) is 2.61.